The fraction of sp³-hybridized carbons (Fsp3) is 0.720. The van der Waals surface area contributed by atoms with Crippen molar-refractivity contribution >= 4 is 14.3 Å². The second-order valence-corrected chi connectivity index (χ2v) is 12.2. The zero-order chi connectivity index (χ0) is 21.8. The topological polar surface area (TPSA) is 35.5 Å². The third-order valence-electron chi connectivity index (χ3n) is 5.45. The van der Waals surface area contributed by atoms with Gasteiger partial charge in [0, 0.05) is 12.8 Å². The van der Waals surface area contributed by atoms with E-state index in [2.05, 4.69) is 68.6 Å². The van der Waals surface area contributed by atoms with Crippen molar-refractivity contribution in [1.29, 1.82) is 0 Å². The molecule has 29 heavy (non-hydrogen) atoms. The number of ether oxygens (including phenoxy) is 1. The van der Waals surface area contributed by atoms with Gasteiger partial charge in [0.15, 0.2) is 8.32 Å². The molecule has 0 aliphatic carbocycles. The lowest BCUT2D eigenvalue weighted by atomic mass is 10.1. The molecule has 0 amide bonds. The monoisotopic (exact) mass is 420 g/mol. The summed E-state index contributed by atoms with van der Waals surface area (Å²) < 4.78 is 11.3. The fourth-order valence-electron chi connectivity index (χ4n) is 3.22. The molecule has 0 bridgehead atoms. The molecule has 1 unspecified atom stereocenters. The number of hydrogen-bond donors (Lipinski definition) is 0. The first-order valence-electron chi connectivity index (χ1n) is 11.6. The van der Waals surface area contributed by atoms with E-state index in [1.54, 1.807) is 0 Å². The van der Waals surface area contributed by atoms with E-state index in [1.807, 2.05) is 0 Å². The molecule has 0 radical (unpaired) electrons. The Morgan fingerprint density at radius 1 is 0.931 bits per heavy atom. The van der Waals surface area contributed by atoms with E-state index in [4.69, 9.17) is 4.43 Å². The summed E-state index contributed by atoms with van der Waals surface area (Å²) in [6.07, 6.45) is 17.6. The molecule has 0 aromatic carbocycles. The molecular formula is C25H44O3Si. The Labute approximate surface area is 181 Å². The molecule has 0 fully saturated rings. The van der Waals surface area contributed by atoms with Crippen LogP contribution in [0, 0.1) is 11.8 Å². The lowest BCUT2D eigenvalue weighted by Crippen LogP contribution is -2.39. The largest absolute Gasteiger partial charge is 0.469 e. The van der Waals surface area contributed by atoms with Crippen molar-refractivity contribution in [2.75, 3.05) is 7.11 Å². The highest BCUT2D eigenvalue weighted by molar-refractivity contribution is 6.73. The number of carbonyl (C=O) groups is 1. The van der Waals surface area contributed by atoms with E-state index in [9.17, 15) is 4.79 Å². The zero-order valence-electron chi connectivity index (χ0n) is 19.6. The highest BCUT2D eigenvalue weighted by Gasteiger charge is 2.30. The Balaban J connectivity index is 4.49. The second kappa shape index (κ2) is 18.7. The van der Waals surface area contributed by atoms with Crippen LogP contribution >= 0.6 is 0 Å². The van der Waals surface area contributed by atoms with Gasteiger partial charge in [0.05, 0.1) is 7.11 Å². The van der Waals surface area contributed by atoms with Crippen molar-refractivity contribution in [2.24, 2.45) is 0 Å². The van der Waals surface area contributed by atoms with Crippen LogP contribution in [-0.2, 0) is 14.0 Å². The number of carbonyl (C=O) groups excluding carboxylic acids is 1. The third-order valence-corrected chi connectivity index (χ3v) is 10.1. The predicted octanol–water partition coefficient (Wildman–Crippen LogP) is 7.20. The van der Waals surface area contributed by atoms with Gasteiger partial charge in [-0.1, -0.05) is 71.1 Å². The molecule has 0 saturated heterocycles. The molecule has 1 atom stereocenters. The average molecular weight is 421 g/mol. The minimum absolute atomic E-state index is 0.0726. The van der Waals surface area contributed by atoms with Crippen LogP contribution < -0.4 is 0 Å². The maximum Gasteiger partial charge on any atom is 0.305 e. The van der Waals surface area contributed by atoms with Gasteiger partial charge in [-0.25, -0.2) is 0 Å². The van der Waals surface area contributed by atoms with Crippen LogP contribution in [0.15, 0.2) is 24.3 Å². The van der Waals surface area contributed by atoms with Crippen LogP contribution in [0.25, 0.3) is 0 Å². The summed E-state index contributed by atoms with van der Waals surface area (Å²) in [5.41, 5.74) is 0. The van der Waals surface area contributed by atoms with Crippen LogP contribution in [-0.4, -0.2) is 27.5 Å². The van der Waals surface area contributed by atoms with E-state index in [-0.39, 0.29) is 12.1 Å². The molecule has 166 valence electrons. The smallest absolute Gasteiger partial charge is 0.305 e. The van der Waals surface area contributed by atoms with Crippen LogP contribution in [0.5, 0.6) is 0 Å². The van der Waals surface area contributed by atoms with Gasteiger partial charge in [0.2, 0.25) is 0 Å². The average Bonchev–Trinajstić information content (AvgIpc) is 2.75. The van der Waals surface area contributed by atoms with Gasteiger partial charge in [-0.15, -0.1) is 5.92 Å². The lowest BCUT2D eigenvalue weighted by Gasteiger charge is -2.30. The SMILES string of the molecule is CC/C=C\C/C=C/C(C#CCCCCCCCC(=O)OC)O[Si](CC)(CC)CC. The van der Waals surface area contributed by atoms with Crippen LogP contribution in [0.2, 0.25) is 18.1 Å². The van der Waals surface area contributed by atoms with Gasteiger partial charge < -0.3 is 9.16 Å². The van der Waals surface area contributed by atoms with Gasteiger partial charge in [0.1, 0.15) is 6.10 Å². The Morgan fingerprint density at radius 2 is 1.59 bits per heavy atom. The lowest BCUT2D eigenvalue weighted by molar-refractivity contribution is -0.140. The van der Waals surface area contributed by atoms with E-state index < -0.39 is 8.32 Å². The molecule has 0 N–H and O–H groups in total. The first-order chi connectivity index (χ1) is 14.1. The van der Waals surface area contributed by atoms with Crippen molar-refractivity contribution in [2.45, 2.75) is 110 Å². The number of rotatable bonds is 16. The van der Waals surface area contributed by atoms with Crippen molar-refractivity contribution in [3.8, 4) is 11.8 Å². The molecule has 0 aromatic heterocycles. The summed E-state index contributed by atoms with van der Waals surface area (Å²) in [5.74, 6) is 6.63. The van der Waals surface area contributed by atoms with Gasteiger partial charge in [0.25, 0.3) is 0 Å². The van der Waals surface area contributed by atoms with Crippen LogP contribution in [0.4, 0.5) is 0 Å². The maximum atomic E-state index is 11.1. The molecule has 0 spiro atoms. The van der Waals surface area contributed by atoms with Crippen molar-refractivity contribution < 1.29 is 14.0 Å². The molecule has 3 nitrogen and oxygen atoms in total. The summed E-state index contributed by atoms with van der Waals surface area (Å²) in [6, 6.07) is 3.44. The van der Waals surface area contributed by atoms with Crippen molar-refractivity contribution in [1.82, 2.24) is 0 Å². The Kier molecular flexibility index (Phi) is 17.9. The third kappa shape index (κ3) is 14.3. The maximum absolute atomic E-state index is 11.1. The van der Waals surface area contributed by atoms with E-state index in [1.165, 1.54) is 7.11 Å². The molecule has 0 aromatic rings. The number of hydrogen-bond acceptors (Lipinski definition) is 3. The fourth-order valence-corrected chi connectivity index (χ4v) is 5.89. The summed E-state index contributed by atoms with van der Waals surface area (Å²) in [6.45, 7) is 8.94. The van der Waals surface area contributed by atoms with E-state index >= 15 is 0 Å². The molecule has 4 heteroatoms. The normalized spacial score (nSPS) is 12.9. The highest BCUT2D eigenvalue weighted by Crippen LogP contribution is 2.23. The number of unbranched alkanes of at least 4 members (excludes halogenated alkanes) is 5. The summed E-state index contributed by atoms with van der Waals surface area (Å²) >= 11 is 0. The second-order valence-electron chi connectivity index (χ2n) is 7.49. The minimum Gasteiger partial charge on any atom is -0.469 e. The molecular weight excluding hydrogens is 376 g/mol. The van der Waals surface area contributed by atoms with Gasteiger partial charge in [-0.3, -0.25) is 4.79 Å². The summed E-state index contributed by atoms with van der Waals surface area (Å²) in [7, 11) is -0.221. The quantitative estimate of drug-likeness (QED) is 0.0871. The van der Waals surface area contributed by atoms with E-state index in [0.29, 0.717) is 6.42 Å². The zero-order valence-corrected chi connectivity index (χ0v) is 20.6. The first-order valence-corrected chi connectivity index (χ1v) is 14.1. The summed E-state index contributed by atoms with van der Waals surface area (Å²) in [4.78, 5) is 11.1. The van der Waals surface area contributed by atoms with Crippen LogP contribution in [0.1, 0.15) is 85.5 Å². The predicted molar refractivity (Wildman–Crippen MR) is 127 cm³/mol. The van der Waals surface area contributed by atoms with Crippen LogP contribution in [0.3, 0.4) is 0 Å². The van der Waals surface area contributed by atoms with Gasteiger partial charge in [-0.05, 0) is 49.9 Å². The Hall–Kier alpha value is -1.31. The van der Waals surface area contributed by atoms with E-state index in [0.717, 1.165) is 69.5 Å². The minimum atomic E-state index is -1.67. The molecule has 0 aliphatic rings. The highest BCUT2D eigenvalue weighted by atomic mass is 28.4. The Bertz CT molecular complexity index is 516. The standard InChI is InChI=1S/C25H44O3Si/c1-6-10-11-15-18-21-24(28-29(7-2,8-3)9-4)22-19-16-13-12-14-17-20-23-25(26)27-5/h10-11,18,21,24H,6-9,12-17,20,23H2,1-5H3/b11-10-,21-18+. The van der Waals surface area contributed by atoms with Crippen molar-refractivity contribution in [3.05, 3.63) is 24.3 Å². The first kappa shape index (κ1) is 27.7. The van der Waals surface area contributed by atoms with Gasteiger partial charge in [-0.2, -0.15) is 0 Å². The summed E-state index contributed by atoms with van der Waals surface area (Å²) in [5, 5.41) is 0. The number of allylic oxidation sites excluding steroid dienone is 3. The molecule has 0 heterocycles. The molecule has 0 rings (SSSR count). The number of methoxy groups -OCH3 is 1. The number of esters is 1. The van der Waals surface area contributed by atoms with Gasteiger partial charge >= 0.3 is 5.97 Å². The molecule has 0 aliphatic heterocycles. The van der Waals surface area contributed by atoms with Crippen molar-refractivity contribution in [3.63, 3.8) is 0 Å². The molecule has 0 saturated carbocycles. The Morgan fingerprint density at radius 3 is 2.21 bits per heavy atom.